The Bertz CT molecular complexity index is 541. The molecule has 4 N–H and O–H groups in total. The number of carboxylic acid groups (broad SMARTS) is 1. The first-order valence-electron chi connectivity index (χ1n) is 6.43. The van der Waals surface area contributed by atoms with Crippen LogP contribution >= 0.6 is 11.6 Å². The molecular formula is C14H17ClN2O3. The largest absolute Gasteiger partial charge is 0.481 e. The molecule has 1 aromatic rings. The van der Waals surface area contributed by atoms with Gasteiger partial charge in [-0.05, 0) is 38.0 Å². The van der Waals surface area contributed by atoms with E-state index in [2.05, 4.69) is 5.32 Å². The second kappa shape index (κ2) is 5.32. The summed E-state index contributed by atoms with van der Waals surface area (Å²) in [5.74, 6) is -1.23. The third kappa shape index (κ3) is 2.72. The van der Waals surface area contributed by atoms with Gasteiger partial charge in [-0.1, -0.05) is 18.0 Å². The van der Waals surface area contributed by atoms with Crippen LogP contribution < -0.4 is 11.1 Å². The van der Waals surface area contributed by atoms with Gasteiger partial charge >= 0.3 is 5.97 Å². The van der Waals surface area contributed by atoms with Crippen molar-refractivity contribution < 1.29 is 14.7 Å². The highest BCUT2D eigenvalue weighted by Gasteiger charge is 2.45. The Morgan fingerprint density at radius 1 is 1.45 bits per heavy atom. The zero-order valence-corrected chi connectivity index (χ0v) is 11.9. The van der Waals surface area contributed by atoms with E-state index in [4.69, 9.17) is 17.3 Å². The lowest BCUT2D eigenvalue weighted by atomic mass is 9.85. The summed E-state index contributed by atoms with van der Waals surface area (Å²) in [4.78, 5) is 23.6. The van der Waals surface area contributed by atoms with E-state index in [0.717, 1.165) is 6.42 Å². The van der Waals surface area contributed by atoms with E-state index in [1.165, 1.54) is 12.1 Å². The molecule has 0 spiro atoms. The van der Waals surface area contributed by atoms with Crippen molar-refractivity contribution in [2.24, 2.45) is 5.41 Å². The van der Waals surface area contributed by atoms with Crippen LogP contribution in [0, 0.1) is 5.41 Å². The van der Waals surface area contributed by atoms with Gasteiger partial charge in [0.15, 0.2) is 0 Å². The molecule has 108 valence electrons. The van der Waals surface area contributed by atoms with E-state index in [1.54, 1.807) is 13.0 Å². The smallest absolute Gasteiger partial charge is 0.311 e. The maximum atomic E-state index is 12.2. The van der Waals surface area contributed by atoms with Crippen molar-refractivity contribution in [3.05, 3.63) is 28.8 Å². The van der Waals surface area contributed by atoms with Gasteiger partial charge in [-0.3, -0.25) is 9.59 Å². The van der Waals surface area contributed by atoms with Crippen LogP contribution in [-0.4, -0.2) is 23.0 Å². The van der Waals surface area contributed by atoms with Gasteiger partial charge in [0, 0.05) is 22.3 Å². The molecule has 2 rings (SSSR count). The molecule has 2 atom stereocenters. The molecular weight excluding hydrogens is 280 g/mol. The maximum Gasteiger partial charge on any atom is 0.311 e. The third-order valence-corrected chi connectivity index (χ3v) is 4.15. The molecule has 0 radical (unpaired) electrons. The molecule has 0 heterocycles. The van der Waals surface area contributed by atoms with Crippen molar-refractivity contribution in [2.75, 3.05) is 5.73 Å². The predicted octanol–water partition coefficient (Wildman–Crippen LogP) is 2.30. The van der Waals surface area contributed by atoms with Crippen molar-refractivity contribution in [3.8, 4) is 0 Å². The summed E-state index contributed by atoms with van der Waals surface area (Å²) < 4.78 is 0. The number of hydrogen-bond acceptors (Lipinski definition) is 3. The Hall–Kier alpha value is -1.75. The van der Waals surface area contributed by atoms with Crippen molar-refractivity contribution in [1.82, 2.24) is 5.32 Å². The zero-order chi connectivity index (χ0) is 14.9. The van der Waals surface area contributed by atoms with Crippen LogP contribution in [0.5, 0.6) is 0 Å². The number of nitrogen functional groups attached to an aromatic ring is 1. The topological polar surface area (TPSA) is 92.4 Å². The van der Waals surface area contributed by atoms with Crippen LogP contribution in [-0.2, 0) is 4.79 Å². The number of amides is 1. The van der Waals surface area contributed by atoms with E-state index >= 15 is 0 Å². The molecule has 0 aliphatic heterocycles. The lowest BCUT2D eigenvalue weighted by Gasteiger charge is -2.27. The van der Waals surface area contributed by atoms with Crippen LogP contribution in [0.2, 0.25) is 5.02 Å². The molecule has 0 saturated heterocycles. The number of aliphatic carboxylic acids is 1. The number of rotatable bonds is 3. The van der Waals surface area contributed by atoms with Crippen LogP contribution in [0.4, 0.5) is 5.69 Å². The number of carbonyl (C=O) groups is 2. The number of carboxylic acids is 1. The van der Waals surface area contributed by atoms with E-state index in [-0.39, 0.29) is 11.9 Å². The number of halogens is 1. The summed E-state index contributed by atoms with van der Waals surface area (Å²) in [5.41, 5.74) is 5.47. The van der Waals surface area contributed by atoms with Crippen LogP contribution in [0.15, 0.2) is 18.2 Å². The first-order valence-corrected chi connectivity index (χ1v) is 6.81. The molecule has 6 heteroatoms. The molecule has 1 aliphatic rings. The average Bonchev–Trinajstić information content (AvgIpc) is 2.71. The summed E-state index contributed by atoms with van der Waals surface area (Å²) >= 11 is 5.86. The van der Waals surface area contributed by atoms with Crippen LogP contribution in [0.1, 0.15) is 36.5 Å². The summed E-state index contributed by atoms with van der Waals surface area (Å²) in [7, 11) is 0. The monoisotopic (exact) mass is 296 g/mol. The lowest BCUT2D eigenvalue weighted by molar-refractivity contribution is -0.148. The average molecular weight is 297 g/mol. The summed E-state index contributed by atoms with van der Waals surface area (Å²) in [6, 6.07) is 4.21. The Morgan fingerprint density at radius 2 is 2.15 bits per heavy atom. The third-order valence-electron chi connectivity index (χ3n) is 3.93. The fourth-order valence-corrected chi connectivity index (χ4v) is 2.88. The Kier molecular flexibility index (Phi) is 3.90. The van der Waals surface area contributed by atoms with Gasteiger partial charge in [-0.2, -0.15) is 0 Å². The molecule has 2 unspecified atom stereocenters. The molecule has 1 aromatic carbocycles. The molecule has 1 fully saturated rings. The summed E-state index contributed by atoms with van der Waals surface area (Å²) in [6.45, 7) is 1.67. The summed E-state index contributed by atoms with van der Waals surface area (Å²) in [6.07, 6.45) is 2.00. The summed E-state index contributed by atoms with van der Waals surface area (Å²) in [5, 5.41) is 12.5. The van der Waals surface area contributed by atoms with Gasteiger partial charge in [0.05, 0.1) is 5.41 Å². The van der Waals surface area contributed by atoms with Crippen LogP contribution in [0.3, 0.4) is 0 Å². The van der Waals surface area contributed by atoms with E-state index < -0.39 is 11.4 Å². The molecule has 0 bridgehead atoms. The minimum absolute atomic E-state index is 0.342. The number of hydrogen-bond donors (Lipinski definition) is 3. The standard InChI is InChI=1S/C14H17ClN2O3/c1-14(13(19)20)4-2-3-11(14)17-12(18)8-5-9(15)7-10(16)6-8/h5-7,11H,2-4,16H2,1H3,(H,17,18)(H,19,20). The minimum Gasteiger partial charge on any atom is -0.481 e. The van der Waals surface area contributed by atoms with Gasteiger partial charge in [0.2, 0.25) is 0 Å². The van der Waals surface area contributed by atoms with Gasteiger partial charge in [-0.25, -0.2) is 0 Å². The lowest BCUT2D eigenvalue weighted by Crippen LogP contribution is -2.47. The predicted molar refractivity (Wildman–Crippen MR) is 76.7 cm³/mol. The van der Waals surface area contributed by atoms with Crippen molar-refractivity contribution >= 4 is 29.2 Å². The number of anilines is 1. The highest BCUT2D eigenvalue weighted by molar-refractivity contribution is 6.31. The normalized spacial score (nSPS) is 25.4. The quantitative estimate of drug-likeness (QED) is 0.746. The molecule has 20 heavy (non-hydrogen) atoms. The fourth-order valence-electron chi connectivity index (χ4n) is 2.64. The first-order chi connectivity index (χ1) is 9.33. The highest BCUT2D eigenvalue weighted by Crippen LogP contribution is 2.38. The number of nitrogens with one attached hydrogen (secondary N) is 1. The number of carbonyl (C=O) groups excluding carboxylic acids is 1. The van der Waals surface area contributed by atoms with Gasteiger partial charge in [0.1, 0.15) is 0 Å². The Labute approximate surface area is 122 Å². The van der Waals surface area contributed by atoms with E-state index in [1.807, 2.05) is 0 Å². The minimum atomic E-state index is -0.917. The number of benzene rings is 1. The van der Waals surface area contributed by atoms with Gasteiger partial charge in [-0.15, -0.1) is 0 Å². The SMILES string of the molecule is CC1(C(=O)O)CCCC1NC(=O)c1cc(N)cc(Cl)c1. The second-order valence-electron chi connectivity index (χ2n) is 5.41. The van der Waals surface area contributed by atoms with Crippen molar-refractivity contribution in [2.45, 2.75) is 32.2 Å². The maximum absolute atomic E-state index is 12.2. The molecule has 1 amide bonds. The molecule has 0 aromatic heterocycles. The second-order valence-corrected chi connectivity index (χ2v) is 5.85. The van der Waals surface area contributed by atoms with Crippen molar-refractivity contribution in [1.29, 1.82) is 0 Å². The van der Waals surface area contributed by atoms with Crippen LogP contribution in [0.25, 0.3) is 0 Å². The molecule has 1 aliphatic carbocycles. The first kappa shape index (κ1) is 14.7. The van der Waals surface area contributed by atoms with E-state index in [0.29, 0.717) is 29.1 Å². The number of nitrogens with two attached hydrogens (primary N) is 1. The fraction of sp³-hybridized carbons (Fsp3) is 0.429. The molecule has 5 nitrogen and oxygen atoms in total. The Balaban J connectivity index is 2.17. The van der Waals surface area contributed by atoms with Crippen molar-refractivity contribution in [3.63, 3.8) is 0 Å². The van der Waals surface area contributed by atoms with E-state index in [9.17, 15) is 14.7 Å². The molecule has 1 saturated carbocycles. The Morgan fingerprint density at radius 3 is 2.75 bits per heavy atom. The van der Waals surface area contributed by atoms with Gasteiger partial charge in [0.25, 0.3) is 5.91 Å². The zero-order valence-electron chi connectivity index (χ0n) is 11.1. The van der Waals surface area contributed by atoms with Gasteiger partial charge < -0.3 is 16.2 Å². The highest BCUT2D eigenvalue weighted by atomic mass is 35.5.